The fraction of sp³-hybridized carbons (Fsp3) is 0.227. The highest BCUT2D eigenvalue weighted by Gasteiger charge is 2.10. The number of aryl methyl sites for hydroxylation is 2. The molecule has 3 rings (SSSR count). The van der Waals surface area contributed by atoms with E-state index in [0.717, 1.165) is 22.7 Å². The predicted molar refractivity (Wildman–Crippen MR) is 111 cm³/mol. The second-order valence-electron chi connectivity index (χ2n) is 6.83. The number of rotatable bonds is 6. The molecule has 1 aromatic heterocycles. The highest BCUT2D eigenvalue weighted by atomic mass is 16.5. The predicted octanol–water partition coefficient (Wildman–Crippen LogP) is 4.88. The number of ether oxygens (including phenoxy) is 1. The summed E-state index contributed by atoms with van der Waals surface area (Å²) in [6, 6.07) is 14.9. The third kappa shape index (κ3) is 5.07. The maximum absolute atomic E-state index is 12.5. The Morgan fingerprint density at radius 1 is 0.964 bits per heavy atom. The molecule has 0 fully saturated rings. The zero-order valence-corrected chi connectivity index (χ0v) is 16.5. The van der Waals surface area contributed by atoms with Crippen LogP contribution in [-0.4, -0.2) is 22.0 Å². The molecule has 0 radical (unpaired) electrons. The number of carbonyl (C=O) groups excluding carboxylic acids is 1. The van der Waals surface area contributed by atoms with Crippen molar-refractivity contribution in [2.45, 2.75) is 33.8 Å². The molecular formula is C22H24N4O2. The first-order chi connectivity index (χ1) is 13.4. The molecule has 0 bridgehead atoms. The molecule has 3 aromatic rings. The summed E-state index contributed by atoms with van der Waals surface area (Å²) >= 11 is 0. The Hall–Kier alpha value is -3.41. The Labute approximate surface area is 165 Å². The second-order valence-corrected chi connectivity index (χ2v) is 6.83. The quantitative estimate of drug-likeness (QED) is 0.641. The van der Waals surface area contributed by atoms with Crippen LogP contribution in [0.25, 0.3) is 0 Å². The van der Waals surface area contributed by atoms with E-state index in [4.69, 9.17) is 4.74 Å². The highest BCUT2D eigenvalue weighted by molar-refractivity contribution is 6.03. The van der Waals surface area contributed by atoms with Crippen molar-refractivity contribution >= 4 is 23.2 Å². The molecule has 2 aromatic carbocycles. The van der Waals surface area contributed by atoms with E-state index in [9.17, 15) is 4.79 Å². The van der Waals surface area contributed by atoms with Crippen LogP contribution in [-0.2, 0) is 0 Å². The van der Waals surface area contributed by atoms with Crippen LogP contribution in [0.1, 0.15) is 35.5 Å². The van der Waals surface area contributed by atoms with E-state index in [1.165, 1.54) is 5.56 Å². The fourth-order valence-corrected chi connectivity index (χ4v) is 2.58. The van der Waals surface area contributed by atoms with Crippen molar-refractivity contribution in [1.82, 2.24) is 9.97 Å². The van der Waals surface area contributed by atoms with Gasteiger partial charge in [-0.05, 0) is 81.3 Å². The molecule has 0 aliphatic carbocycles. The van der Waals surface area contributed by atoms with Crippen LogP contribution in [0.2, 0.25) is 0 Å². The summed E-state index contributed by atoms with van der Waals surface area (Å²) in [6.07, 6.45) is 1.68. The third-order valence-corrected chi connectivity index (χ3v) is 4.14. The van der Waals surface area contributed by atoms with Crippen LogP contribution >= 0.6 is 0 Å². The number of anilines is 3. The van der Waals surface area contributed by atoms with Crippen molar-refractivity contribution in [2.24, 2.45) is 0 Å². The number of carbonyl (C=O) groups is 1. The number of nitrogens with zero attached hydrogens (tertiary/aromatic N) is 2. The average Bonchev–Trinajstić information content (AvgIpc) is 2.66. The van der Waals surface area contributed by atoms with Gasteiger partial charge in [-0.3, -0.25) is 4.79 Å². The molecule has 6 nitrogen and oxygen atoms in total. The molecule has 0 unspecified atom stereocenters. The van der Waals surface area contributed by atoms with Gasteiger partial charge in [0.15, 0.2) is 0 Å². The Kier molecular flexibility index (Phi) is 5.89. The van der Waals surface area contributed by atoms with Gasteiger partial charge >= 0.3 is 0 Å². The second kappa shape index (κ2) is 8.52. The van der Waals surface area contributed by atoms with Crippen molar-refractivity contribution in [3.63, 3.8) is 0 Å². The van der Waals surface area contributed by atoms with Crippen LogP contribution in [0, 0.1) is 13.8 Å². The van der Waals surface area contributed by atoms with Gasteiger partial charge in [0, 0.05) is 17.6 Å². The van der Waals surface area contributed by atoms with Gasteiger partial charge in [-0.25, -0.2) is 9.97 Å². The van der Waals surface area contributed by atoms with E-state index in [1.807, 2.05) is 70.2 Å². The lowest BCUT2D eigenvalue weighted by molar-refractivity contribution is 0.102. The van der Waals surface area contributed by atoms with Crippen LogP contribution in [0.5, 0.6) is 5.75 Å². The summed E-state index contributed by atoms with van der Waals surface area (Å²) in [7, 11) is 0. The number of hydrogen-bond acceptors (Lipinski definition) is 5. The number of amides is 1. The molecule has 1 heterocycles. The van der Waals surface area contributed by atoms with Crippen LogP contribution in [0.3, 0.4) is 0 Å². The summed E-state index contributed by atoms with van der Waals surface area (Å²) in [5, 5.41) is 5.97. The molecule has 0 aliphatic rings. The normalized spacial score (nSPS) is 10.6. The van der Waals surface area contributed by atoms with E-state index in [0.29, 0.717) is 5.95 Å². The third-order valence-electron chi connectivity index (χ3n) is 4.14. The highest BCUT2D eigenvalue weighted by Crippen LogP contribution is 2.19. The molecule has 0 spiro atoms. The van der Waals surface area contributed by atoms with Gasteiger partial charge in [-0.1, -0.05) is 6.07 Å². The average molecular weight is 376 g/mol. The number of nitrogens with one attached hydrogen (secondary N) is 2. The summed E-state index contributed by atoms with van der Waals surface area (Å²) in [5.74, 6) is 0.864. The van der Waals surface area contributed by atoms with Crippen molar-refractivity contribution in [2.75, 3.05) is 10.6 Å². The molecular weight excluding hydrogens is 352 g/mol. The number of benzene rings is 2. The molecule has 0 atom stereocenters. The Morgan fingerprint density at radius 3 is 2.36 bits per heavy atom. The van der Waals surface area contributed by atoms with E-state index < -0.39 is 0 Å². The van der Waals surface area contributed by atoms with Gasteiger partial charge in [0.05, 0.1) is 6.10 Å². The minimum Gasteiger partial charge on any atom is -0.491 e. The van der Waals surface area contributed by atoms with E-state index in [2.05, 4.69) is 20.6 Å². The van der Waals surface area contributed by atoms with Gasteiger partial charge in [0.25, 0.3) is 5.91 Å². The van der Waals surface area contributed by atoms with Crippen molar-refractivity contribution in [3.8, 4) is 5.75 Å². The lowest BCUT2D eigenvalue weighted by Gasteiger charge is -2.11. The standard InChI is InChI=1S/C22H24N4O2/c1-14(2)28-19-9-7-17(8-10-19)25-22-23-12-11-20(26-22)21(27)24-18-6-5-15(3)16(4)13-18/h5-14H,1-4H3,(H,24,27)(H,23,25,26). The molecule has 6 heteroatoms. The summed E-state index contributed by atoms with van der Waals surface area (Å²) in [6.45, 7) is 8.00. The summed E-state index contributed by atoms with van der Waals surface area (Å²) in [5.41, 5.74) is 4.13. The SMILES string of the molecule is Cc1ccc(NC(=O)c2ccnc(Nc3ccc(OC(C)C)cc3)n2)cc1C. The van der Waals surface area contributed by atoms with Crippen molar-refractivity contribution in [1.29, 1.82) is 0 Å². The molecule has 0 aliphatic heterocycles. The summed E-state index contributed by atoms with van der Waals surface area (Å²) in [4.78, 5) is 21.0. The van der Waals surface area contributed by atoms with Crippen LogP contribution < -0.4 is 15.4 Å². The first-order valence-corrected chi connectivity index (χ1v) is 9.16. The zero-order valence-electron chi connectivity index (χ0n) is 16.5. The lowest BCUT2D eigenvalue weighted by Crippen LogP contribution is -2.15. The van der Waals surface area contributed by atoms with Crippen LogP contribution in [0.15, 0.2) is 54.7 Å². The monoisotopic (exact) mass is 376 g/mol. The van der Waals surface area contributed by atoms with Gasteiger partial charge in [-0.15, -0.1) is 0 Å². The maximum atomic E-state index is 12.5. The first kappa shape index (κ1) is 19.4. The number of aromatic nitrogens is 2. The van der Waals surface area contributed by atoms with E-state index in [1.54, 1.807) is 12.3 Å². The molecule has 0 saturated carbocycles. The van der Waals surface area contributed by atoms with Gasteiger partial charge in [0.1, 0.15) is 11.4 Å². The van der Waals surface area contributed by atoms with E-state index in [-0.39, 0.29) is 17.7 Å². The van der Waals surface area contributed by atoms with Gasteiger partial charge < -0.3 is 15.4 Å². The Balaban J connectivity index is 1.69. The molecule has 0 saturated heterocycles. The topological polar surface area (TPSA) is 76.1 Å². The minimum atomic E-state index is -0.283. The maximum Gasteiger partial charge on any atom is 0.274 e. The van der Waals surface area contributed by atoms with Crippen LogP contribution in [0.4, 0.5) is 17.3 Å². The van der Waals surface area contributed by atoms with Crippen molar-refractivity contribution < 1.29 is 9.53 Å². The largest absolute Gasteiger partial charge is 0.491 e. The zero-order chi connectivity index (χ0) is 20.1. The summed E-state index contributed by atoms with van der Waals surface area (Å²) < 4.78 is 5.63. The minimum absolute atomic E-state index is 0.120. The van der Waals surface area contributed by atoms with Gasteiger partial charge in [-0.2, -0.15) is 0 Å². The smallest absolute Gasteiger partial charge is 0.274 e. The molecule has 28 heavy (non-hydrogen) atoms. The molecule has 2 N–H and O–H groups in total. The fourth-order valence-electron chi connectivity index (χ4n) is 2.58. The Morgan fingerprint density at radius 2 is 1.68 bits per heavy atom. The Bertz CT molecular complexity index is 969. The van der Waals surface area contributed by atoms with E-state index >= 15 is 0 Å². The molecule has 1 amide bonds. The molecule has 144 valence electrons. The van der Waals surface area contributed by atoms with Gasteiger partial charge in [0.2, 0.25) is 5.95 Å². The number of hydrogen-bond donors (Lipinski definition) is 2. The first-order valence-electron chi connectivity index (χ1n) is 9.16. The lowest BCUT2D eigenvalue weighted by atomic mass is 10.1. The van der Waals surface area contributed by atoms with Crippen molar-refractivity contribution in [3.05, 3.63) is 71.5 Å².